The smallest absolute Gasteiger partial charge is 0.253 e. The highest BCUT2D eigenvalue weighted by molar-refractivity contribution is 7.99. The van der Waals surface area contributed by atoms with Crippen molar-refractivity contribution in [2.45, 2.75) is 19.4 Å². The molecule has 0 N–H and O–H groups in total. The number of imide groups is 1. The first kappa shape index (κ1) is 15.1. The van der Waals surface area contributed by atoms with E-state index >= 15 is 0 Å². The Morgan fingerprint density at radius 1 is 1.00 bits per heavy atom. The summed E-state index contributed by atoms with van der Waals surface area (Å²) in [7, 11) is 0. The number of carbonyl (C=O) groups excluding carboxylic acids is 3. The first-order valence-electron chi connectivity index (χ1n) is 7.44. The molecule has 22 heavy (non-hydrogen) atoms. The lowest BCUT2D eigenvalue weighted by Crippen LogP contribution is -2.37. The van der Waals surface area contributed by atoms with Gasteiger partial charge in [-0.15, -0.1) is 0 Å². The van der Waals surface area contributed by atoms with E-state index in [0.717, 1.165) is 30.2 Å². The van der Waals surface area contributed by atoms with Crippen LogP contribution >= 0.6 is 11.8 Å². The van der Waals surface area contributed by atoms with Crippen LogP contribution in [0.2, 0.25) is 0 Å². The highest BCUT2D eigenvalue weighted by Gasteiger charge is 2.28. The second-order valence-corrected chi connectivity index (χ2v) is 6.70. The minimum absolute atomic E-state index is 0.0557. The van der Waals surface area contributed by atoms with E-state index in [1.54, 1.807) is 12.1 Å². The second-order valence-electron chi connectivity index (χ2n) is 5.48. The predicted molar refractivity (Wildman–Crippen MR) is 84.5 cm³/mol. The van der Waals surface area contributed by atoms with Crippen molar-refractivity contribution in [1.82, 2.24) is 9.80 Å². The Morgan fingerprint density at radius 3 is 2.18 bits per heavy atom. The van der Waals surface area contributed by atoms with Gasteiger partial charge in [0.2, 0.25) is 11.8 Å². The molecule has 0 saturated carbocycles. The number of carbonyl (C=O) groups is 3. The number of hydrogen-bond donors (Lipinski definition) is 0. The van der Waals surface area contributed by atoms with Crippen LogP contribution in [0.25, 0.3) is 0 Å². The molecule has 0 aromatic heterocycles. The number of amides is 3. The molecule has 3 rings (SSSR count). The molecule has 6 heteroatoms. The van der Waals surface area contributed by atoms with Gasteiger partial charge in [-0.25, -0.2) is 0 Å². The van der Waals surface area contributed by atoms with Crippen molar-refractivity contribution in [2.75, 3.05) is 24.6 Å². The number of thioether (sulfide) groups is 1. The number of benzene rings is 1. The lowest BCUT2D eigenvalue weighted by Gasteiger charge is -2.26. The molecule has 1 aromatic carbocycles. The lowest BCUT2D eigenvalue weighted by atomic mass is 10.1. The van der Waals surface area contributed by atoms with Crippen molar-refractivity contribution in [1.29, 1.82) is 0 Å². The van der Waals surface area contributed by atoms with E-state index in [-0.39, 0.29) is 17.7 Å². The summed E-state index contributed by atoms with van der Waals surface area (Å²) in [6.07, 6.45) is 0.616. The minimum atomic E-state index is -0.115. The summed E-state index contributed by atoms with van der Waals surface area (Å²) in [5, 5.41) is 0. The van der Waals surface area contributed by atoms with Crippen LogP contribution in [0.3, 0.4) is 0 Å². The van der Waals surface area contributed by atoms with Crippen LogP contribution in [-0.2, 0) is 16.1 Å². The number of rotatable bonds is 3. The van der Waals surface area contributed by atoms with E-state index in [4.69, 9.17) is 0 Å². The summed E-state index contributed by atoms with van der Waals surface area (Å²) in [6, 6.07) is 7.21. The number of hydrogen-bond acceptors (Lipinski definition) is 4. The van der Waals surface area contributed by atoms with Gasteiger partial charge in [-0.05, 0) is 17.7 Å². The third kappa shape index (κ3) is 3.16. The van der Waals surface area contributed by atoms with Crippen LogP contribution < -0.4 is 0 Å². The zero-order chi connectivity index (χ0) is 15.5. The van der Waals surface area contributed by atoms with Gasteiger partial charge in [-0.3, -0.25) is 19.3 Å². The second kappa shape index (κ2) is 6.52. The third-order valence-corrected chi connectivity index (χ3v) is 4.94. The minimum Gasteiger partial charge on any atom is -0.337 e. The summed E-state index contributed by atoms with van der Waals surface area (Å²) in [5.41, 5.74) is 1.53. The van der Waals surface area contributed by atoms with Gasteiger partial charge in [0, 0.05) is 43.0 Å². The fourth-order valence-corrected chi connectivity index (χ4v) is 3.59. The van der Waals surface area contributed by atoms with Crippen LogP contribution in [-0.4, -0.2) is 52.1 Å². The van der Waals surface area contributed by atoms with Crippen molar-refractivity contribution < 1.29 is 14.4 Å². The van der Waals surface area contributed by atoms with Crippen molar-refractivity contribution in [3.8, 4) is 0 Å². The summed E-state index contributed by atoms with van der Waals surface area (Å²) >= 11 is 1.87. The maximum atomic E-state index is 12.4. The van der Waals surface area contributed by atoms with Gasteiger partial charge >= 0.3 is 0 Å². The van der Waals surface area contributed by atoms with E-state index < -0.39 is 0 Å². The van der Waals surface area contributed by atoms with Crippen molar-refractivity contribution in [2.24, 2.45) is 0 Å². The third-order valence-electron chi connectivity index (χ3n) is 3.99. The highest BCUT2D eigenvalue weighted by Crippen LogP contribution is 2.17. The largest absolute Gasteiger partial charge is 0.337 e. The normalized spacial score (nSPS) is 18.9. The van der Waals surface area contributed by atoms with E-state index in [1.807, 2.05) is 28.8 Å². The first-order valence-corrected chi connectivity index (χ1v) is 8.60. The molecule has 3 amide bonds. The molecule has 2 aliphatic rings. The van der Waals surface area contributed by atoms with E-state index in [9.17, 15) is 14.4 Å². The Bertz CT molecular complexity index is 578. The molecule has 0 bridgehead atoms. The predicted octanol–water partition coefficient (Wildman–Crippen LogP) is 1.52. The Balaban J connectivity index is 1.66. The topological polar surface area (TPSA) is 57.7 Å². The Kier molecular flexibility index (Phi) is 4.47. The van der Waals surface area contributed by atoms with E-state index in [1.165, 1.54) is 4.90 Å². The van der Waals surface area contributed by atoms with Crippen molar-refractivity contribution >= 4 is 29.5 Å². The molecule has 116 valence electrons. The van der Waals surface area contributed by atoms with Crippen molar-refractivity contribution in [3.05, 3.63) is 35.4 Å². The lowest BCUT2D eigenvalue weighted by molar-refractivity contribution is -0.139. The number of likely N-dealkylation sites (tertiary alicyclic amines) is 1. The maximum absolute atomic E-state index is 12.4. The van der Waals surface area contributed by atoms with Gasteiger partial charge in [0.05, 0.1) is 6.54 Å². The molecule has 2 heterocycles. The summed E-state index contributed by atoms with van der Waals surface area (Å²) in [4.78, 5) is 38.7. The van der Waals surface area contributed by atoms with Crippen LogP contribution in [0.15, 0.2) is 24.3 Å². The van der Waals surface area contributed by atoms with Crippen LogP contribution in [0, 0.1) is 0 Å². The molecule has 2 fully saturated rings. The molecule has 2 saturated heterocycles. The standard InChI is InChI=1S/C16H18N2O3S/c19-14-5-6-15(20)18(14)11-12-1-3-13(4-2-12)16(21)17-7-9-22-10-8-17/h1-4H,5-11H2. The molecule has 5 nitrogen and oxygen atoms in total. The Labute approximate surface area is 133 Å². The van der Waals surface area contributed by atoms with Gasteiger partial charge in [0.25, 0.3) is 5.91 Å². The Morgan fingerprint density at radius 2 is 1.59 bits per heavy atom. The van der Waals surface area contributed by atoms with E-state index in [2.05, 4.69) is 0 Å². The van der Waals surface area contributed by atoms with Gasteiger partial charge in [0.15, 0.2) is 0 Å². The molecular formula is C16H18N2O3S. The number of nitrogens with zero attached hydrogens (tertiary/aromatic N) is 2. The molecule has 0 radical (unpaired) electrons. The van der Waals surface area contributed by atoms with Gasteiger partial charge < -0.3 is 4.90 Å². The SMILES string of the molecule is O=C(c1ccc(CN2C(=O)CCC2=O)cc1)N1CCSCC1. The van der Waals surface area contributed by atoms with Gasteiger partial charge in [-0.2, -0.15) is 11.8 Å². The van der Waals surface area contributed by atoms with Gasteiger partial charge in [0.1, 0.15) is 0 Å². The first-order chi connectivity index (χ1) is 10.6. The quantitative estimate of drug-likeness (QED) is 0.793. The average Bonchev–Trinajstić information content (AvgIpc) is 2.88. The molecule has 0 aliphatic carbocycles. The fourth-order valence-electron chi connectivity index (χ4n) is 2.68. The van der Waals surface area contributed by atoms with Crippen molar-refractivity contribution in [3.63, 3.8) is 0 Å². The van der Waals surface area contributed by atoms with E-state index in [0.29, 0.717) is 24.9 Å². The fraction of sp³-hybridized carbons (Fsp3) is 0.438. The molecule has 1 aromatic rings. The van der Waals surface area contributed by atoms with Crippen LogP contribution in [0.1, 0.15) is 28.8 Å². The zero-order valence-corrected chi connectivity index (χ0v) is 13.1. The van der Waals surface area contributed by atoms with Gasteiger partial charge in [-0.1, -0.05) is 12.1 Å². The highest BCUT2D eigenvalue weighted by atomic mass is 32.2. The summed E-state index contributed by atoms with van der Waals surface area (Å²) < 4.78 is 0. The monoisotopic (exact) mass is 318 g/mol. The Hall–Kier alpha value is -1.82. The molecule has 0 atom stereocenters. The maximum Gasteiger partial charge on any atom is 0.253 e. The average molecular weight is 318 g/mol. The molecule has 0 spiro atoms. The molecule has 2 aliphatic heterocycles. The zero-order valence-electron chi connectivity index (χ0n) is 12.3. The molecule has 0 unspecified atom stereocenters. The molecular weight excluding hydrogens is 300 g/mol. The summed E-state index contributed by atoms with van der Waals surface area (Å²) in [5.74, 6) is 1.80. The summed E-state index contributed by atoms with van der Waals surface area (Å²) in [6.45, 7) is 1.89. The van der Waals surface area contributed by atoms with Crippen LogP contribution in [0.5, 0.6) is 0 Å². The van der Waals surface area contributed by atoms with Crippen LogP contribution in [0.4, 0.5) is 0 Å².